The van der Waals surface area contributed by atoms with Crippen molar-refractivity contribution in [1.82, 2.24) is 15.0 Å². The third kappa shape index (κ3) is 2.94. The van der Waals surface area contributed by atoms with Crippen LogP contribution in [0.4, 0.5) is 4.39 Å². The highest BCUT2D eigenvalue weighted by Crippen LogP contribution is 2.28. The van der Waals surface area contributed by atoms with Gasteiger partial charge >= 0.3 is 0 Å². The van der Waals surface area contributed by atoms with Crippen LogP contribution in [0.2, 0.25) is 0 Å². The van der Waals surface area contributed by atoms with Gasteiger partial charge in [-0.05, 0) is 50.1 Å². The number of nitrogens with two attached hydrogens (primary N) is 1. The maximum absolute atomic E-state index is 13.2. The van der Waals surface area contributed by atoms with E-state index in [1.54, 1.807) is 30.0 Å². The minimum absolute atomic E-state index is 0.0843. The zero-order chi connectivity index (χ0) is 18.3. The van der Waals surface area contributed by atoms with Gasteiger partial charge in [-0.3, -0.25) is 4.79 Å². The van der Waals surface area contributed by atoms with E-state index in [0.29, 0.717) is 46.7 Å². The van der Waals surface area contributed by atoms with Crippen LogP contribution in [0.1, 0.15) is 28.9 Å². The van der Waals surface area contributed by atoms with Crippen LogP contribution in [-0.2, 0) is 0 Å². The number of benzene rings is 1. The molecule has 0 radical (unpaired) electrons. The van der Waals surface area contributed by atoms with Crippen molar-refractivity contribution in [3.05, 3.63) is 47.4 Å². The molecule has 1 fully saturated rings. The molecule has 2 N–H and O–H groups in total. The number of hydrogen-bond donors (Lipinski definition) is 1. The molecule has 2 aromatic heterocycles. The number of aryl methyl sites for hydroxylation is 1. The Morgan fingerprint density at radius 3 is 2.65 bits per heavy atom. The summed E-state index contributed by atoms with van der Waals surface area (Å²) in [5.41, 5.74) is 8.63. The van der Waals surface area contributed by atoms with E-state index in [4.69, 9.17) is 10.3 Å². The van der Waals surface area contributed by atoms with Gasteiger partial charge in [0.2, 0.25) is 0 Å². The third-order valence-corrected chi connectivity index (χ3v) is 4.81. The molecule has 1 aliphatic heterocycles. The Bertz CT molecular complexity index is 960. The Labute approximate surface area is 149 Å². The summed E-state index contributed by atoms with van der Waals surface area (Å²) in [4.78, 5) is 19.4. The molecule has 1 aromatic carbocycles. The summed E-state index contributed by atoms with van der Waals surface area (Å²) < 4.78 is 18.5. The average molecular weight is 354 g/mol. The number of pyridine rings is 1. The Hall–Kier alpha value is -2.80. The van der Waals surface area contributed by atoms with E-state index in [1.165, 1.54) is 12.1 Å². The molecule has 0 aliphatic carbocycles. The molecule has 4 rings (SSSR count). The van der Waals surface area contributed by atoms with E-state index in [0.717, 1.165) is 12.8 Å². The molecule has 1 aliphatic rings. The van der Waals surface area contributed by atoms with Crippen LogP contribution in [0.15, 0.2) is 34.9 Å². The Kier molecular flexibility index (Phi) is 4.16. The summed E-state index contributed by atoms with van der Waals surface area (Å²) in [6.45, 7) is 3.04. The molecule has 3 aromatic rings. The van der Waals surface area contributed by atoms with Gasteiger partial charge in [-0.15, -0.1) is 0 Å². The second-order valence-corrected chi connectivity index (χ2v) is 6.64. The summed E-state index contributed by atoms with van der Waals surface area (Å²) >= 11 is 0. The molecule has 7 heteroatoms. The first-order valence-corrected chi connectivity index (χ1v) is 8.61. The fraction of sp³-hybridized carbons (Fsp3) is 0.316. The first-order chi connectivity index (χ1) is 12.5. The molecule has 0 bridgehead atoms. The maximum Gasteiger partial charge on any atom is 0.259 e. The largest absolute Gasteiger partial charge is 0.339 e. The summed E-state index contributed by atoms with van der Waals surface area (Å²) in [5, 5.41) is 4.58. The highest BCUT2D eigenvalue weighted by atomic mass is 19.1. The van der Waals surface area contributed by atoms with Gasteiger partial charge in [-0.25, -0.2) is 9.37 Å². The van der Waals surface area contributed by atoms with Crippen LogP contribution in [0, 0.1) is 12.7 Å². The molecule has 26 heavy (non-hydrogen) atoms. The lowest BCUT2D eigenvalue weighted by Crippen LogP contribution is -2.42. The van der Waals surface area contributed by atoms with Gasteiger partial charge in [0.05, 0.1) is 22.3 Å². The van der Waals surface area contributed by atoms with Gasteiger partial charge in [0.1, 0.15) is 5.82 Å². The number of nitrogens with zero attached hydrogens (tertiary/aromatic N) is 3. The van der Waals surface area contributed by atoms with E-state index in [2.05, 4.69) is 10.1 Å². The van der Waals surface area contributed by atoms with Crippen LogP contribution in [0.25, 0.3) is 22.4 Å². The molecule has 1 saturated heterocycles. The number of carbonyl (C=O) groups is 1. The molecule has 0 unspecified atom stereocenters. The fourth-order valence-electron chi connectivity index (χ4n) is 3.30. The third-order valence-electron chi connectivity index (χ3n) is 4.81. The average Bonchev–Trinajstić information content (AvgIpc) is 3.03. The number of piperidine rings is 1. The molecule has 0 spiro atoms. The molecule has 6 nitrogen and oxygen atoms in total. The van der Waals surface area contributed by atoms with E-state index in [-0.39, 0.29) is 17.8 Å². The lowest BCUT2D eigenvalue weighted by atomic mass is 10.0. The predicted octanol–water partition coefficient (Wildman–Crippen LogP) is 2.90. The van der Waals surface area contributed by atoms with Crippen LogP contribution >= 0.6 is 0 Å². The number of amides is 1. The Morgan fingerprint density at radius 1 is 1.27 bits per heavy atom. The van der Waals surface area contributed by atoms with Gasteiger partial charge < -0.3 is 15.2 Å². The van der Waals surface area contributed by atoms with Crippen molar-refractivity contribution in [3.8, 4) is 11.3 Å². The molecular weight excluding hydrogens is 335 g/mol. The zero-order valence-corrected chi connectivity index (χ0v) is 14.4. The van der Waals surface area contributed by atoms with Gasteiger partial charge in [-0.2, -0.15) is 0 Å². The van der Waals surface area contributed by atoms with Crippen LogP contribution in [-0.4, -0.2) is 40.1 Å². The van der Waals surface area contributed by atoms with Crippen molar-refractivity contribution in [2.75, 3.05) is 13.1 Å². The van der Waals surface area contributed by atoms with Crippen molar-refractivity contribution < 1.29 is 13.7 Å². The first-order valence-electron chi connectivity index (χ1n) is 8.61. The number of carbonyl (C=O) groups excluding carboxylic acids is 1. The lowest BCUT2D eigenvalue weighted by molar-refractivity contribution is 0.0716. The Morgan fingerprint density at radius 2 is 1.96 bits per heavy atom. The summed E-state index contributed by atoms with van der Waals surface area (Å²) in [7, 11) is 0. The SMILES string of the molecule is Cc1noc2nc(-c3ccc(F)cc3)cc(C(=O)N3CCC(N)CC3)c12. The smallest absolute Gasteiger partial charge is 0.259 e. The monoisotopic (exact) mass is 354 g/mol. The number of hydrogen-bond acceptors (Lipinski definition) is 5. The molecular formula is C19H19FN4O2. The van der Waals surface area contributed by atoms with Gasteiger partial charge in [0.25, 0.3) is 11.6 Å². The first kappa shape index (κ1) is 16.7. The fourth-order valence-corrected chi connectivity index (χ4v) is 3.30. The van der Waals surface area contributed by atoms with E-state index >= 15 is 0 Å². The van der Waals surface area contributed by atoms with Crippen molar-refractivity contribution in [2.45, 2.75) is 25.8 Å². The van der Waals surface area contributed by atoms with E-state index in [9.17, 15) is 9.18 Å². The molecule has 134 valence electrons. The lowest BCUT2D eigenvalue weighted by Gasteiger charge is -2.30. The summed E-state index contributed by atoms with van der Waals surface area (Å²) in [6, 6.07) is 7.85. The maximum atomic E-state index is 13.2. The van der Waals surface area contributed by atoms with Crippen molar-refractivity contribution >= 4 is 17.0 Å². The molecule has 3 heterocycles. The number of rotatable bonds is 2. The molecule has 0 saturated carbocycles. The minimum Gasteiger partial charge on any atom is -0.339 e. The molecule has 0 atom stereocenters. The van der Waals surface area contributed by atoms with E-state index < -0.39 is 0 Å². The van der Waals surface area contributed by atoms with Crippen LogP contribution < -0.4 is 5.73 Å². The highest BCUT2D eigenvalue weighted by Gasteiger charge is 2.26. The van der Waals surface area contributed by atoms with Crippen LogP contribution in [0.5, 0.6) is 0 Å². The number of likely N-dealkylation sites (tertiary alicyclic amines) is 1. The quantitative estimate of drug-likeness (QED) is 0.765. The zero-order valence-electron chi connectivity index (χ0n) is 14.4. The van der Waals surface area contributed by atoms with Crippen molar-refractivity contribution in [1.29, 1.82) is 0 Å². The van der Waals surface area contributed by atoms with Gasteiger partial charge in [0, 0.05) is 24.7 Å². The second-order valence-electron chi connectivity index (χ2n) is 6.64. The second kappa shape index (κ2) is 6.49. The Balaban J connectivity index is 1.80. The topological polar surface area (TPSA) is 85.2 Å². The number of fused-ring (bicyclic) bond motifs is 1. The predicted molar refractivity (Wildman–Crippen MR) is 95.0 cm³/mol. The van der Waals surface area contributed by atoms with Gasteiger partial charge in [0.15, 0.2) is 0 Å². The summed E-state index contributed by atoms with van der Waals surface area (Å²) in [5.74, 6) is -0.412. The van der Waals surface area contributed by atoms with Crippen molar-refractivity contribution in [3.63, 3.8) is 0 Å². The molecule has 1 amide bonds. The number of halogens is 1. The van der Waals surface area contributed by atoms with E-state index in [1.807, 2.05) is 0 Å². The van der Waals surface area contributed by atoms with Crippen molar-refractivity contribution in [2.24, 2.45) is 5.73 Å². The minimum atomic E-state index is -0.328. The van der Waals surface area contributed by atoms with Gasteiger partial charge in [-0.1, -0.05) is 5.16 Å². The normalized spacial score (nSPS) is 15.6. The number of aromatic nitrogens is 2. The van der Waals surface area contributed by atoms with Crippen LogP contribution in [0.3, 0.4) is 0 Å². The highest BCUT2D eigenvalue weighted by molar-refractivity contribution is 6.07. The summed E-state index contributed by atoms with van der Waals surface area (Å²) in [6.07, 6.45) is 1.57. The standard InChI is InChI=1S/C19H19FN4O2/c1-11-17-15(19(25)24-8-6-14(21)7-9-24)10-16(22-18(17)26-23-11)12-2-4-13(20)5-3-12/h2-5,10,14H,6-9,21H2,1H3.